The van der Waals surface area contributed by atoms with E-state index < -0.39 is 41.0 Å². The number of anilines is 1. The zero-order valence-electron chi connectivity index (χ0n) is 15.2. The molecular formula is C16H16ClI3N2O7. The van der Waals surface area contributed by atoms with E-state index in [0.29, 0.717) is 10.7 Å². The second-order valence-electron chi connectivity index (χ2n) is 6.15. The Balaban J connectivity index is 3.40. The topological polar surface area (TPSA) is 142 Å². The minimum atomic E-state index is -2.38. The third-order valence-electron chi connectivity index (χ3n) is 3.51. The van der Waals surface area contributed by atoms with Crippen LogP contribution in [0.3, 0.4) is 0 Å². The number of rotatable bonds is 7. The van der Waals surface area contributed by atoms with Gasteiger partial charge in [0.2, 0.25) is 0 Å². The van der Waals surface area contributed by atoms with Crippen molar-refractivity contribution in [2.24, 2.45) is 0 Å². The third kappa shape index (κ3) is 6.59. The monoisotopic (exact) mass is 764 g/mol. The van der Waals surface area contributed by atoms with E-state index >= 15 is 0 Å². The molecular weight excluding hydrogens is 748 g/mol. The Hall–Kier alpha value is -0.300. The molecule has 9 nitrogen and oxygen atoms in total. The van der Waals surface area contributed by atoms with Crippen molar-refractivity contribution < 1.29 is 34.1 Å². The first-order valence-corrected chi connectivity index (χ1v) is 11.3. The minimum Gasteiger partial charge on any atom is -0.439 e. The van der Waals surface area contributed by atoms with Gasteiger partial charge in [0.05, 0.1) is 21.4 Å². The van der Waals surface area contributed by atoms with Gasteiger partial charge in [-0.15, -0.1) is 0 Å². The van der Waals surface area contributed by atoms with Crippen LogP contribution in [0, 0.1) is 10.7 Å². The van der Waals surface area contributed by atoms with Gasteiger partial charge in [-0.25, -0.2) is 0 Å². The SMILES string of the molecule is CC(=O)OC(C)(C(=O)Nc1c(I)cc(I)c(C(=O)Cl)c1I)C(=O)NC(C)(O)CO. The Morgan fingerprint density at radius 2 is 1.69 bits per heavy atom. The van der Waals surface area contributed by atoms with Crippen molar-refractivity contribution >= 4 is 108 Å². The molecule has 29 heavy (non-hydrogen) atoms. The lowest BCUT2D eigenvalue weighted by molar-refractivity contribution is -0.173. The van der Waals surface area contributed by atoms with Crippen LogP contribution in [0.4, 0.5) is 5.69 Å². The van der Waals surface area contributed by atoms with E-state index in [1.165, 1.54) is 0 Å². The van der Waals surface area contributed by atoms with Crippen LogP contribution in [-0.4, -0.2) is 51.2 Å². The summed E-state index contributed by atoms with van der Waals surface area (Å²) in [5, 5.41) is 22.8. The molecule has 0 aromatic heterocycles. The summed E-state index contributed by atoms with van der Waals surface area (Å²) in [6.45, 7) is 2.29. The number of halogens is 4. The Kier molecular flexibility index (Phi) is 9.53. The van der Waals surface area contributed by atoms with E-state index in [2.05, 4.69) is 5.32 Å². The molecule has 0 aliphatic carbocycles. The lowest BCUT2D eigenvalue weighted by Gasteiger charge is -2.31. The zero-order chi connectivity index (χ0) is 22.7. The Morgan fingerprint density at radius 1 is 1.14 bits per heavy atom. The van der Waals surface area contributed by atoms with Crippen LogP contribution in [0.1, 0.15) is 31.1 Å². The molecule has 160 valence electrons. The Morgan fingerprint density at radius 3 is 2.14 bits per heavy atom. The van der Waals surface area contributed by atoms with E-state index in [0.717, 1.165) is 20.8 Å². The molecule has 0 heterocycles. The fraction of sp³-hybridized carbons (Fsp3) is 0.375. The molecule has 1 rings (SSSR count). The van der Waals surface area contributed by atoms with Crippen LogP contribution in [-0.2, 0) is 19.1 Å². The molecule has 0 saturated carbocycles. The van der Waals surface area contributed by atoms with Crippen LogP contribution in [0.5, 0.6) is 0 Å². The summed E-state index contributed by atoms with van der Waals surface area (Å²) in [6, 6.07) is 1.61. The van der Waals surface area contributed by atoms with Crippen LogP contribution < -0.4 is 10.6 Å². The van der Waals surface area contributed by atoms with Gasteiger partial charge >= 0.3 is 5.97 Å². The van der Waals surface area contributed by atoms with Crippen molar-refractivity contribution in [1.29, 1.82) is 0 Å². The van der Waals surface area contributed by atoms with Crippen molar-refractivity contribution in [1.82, 2.24) is 5.32 Å². The molecule has 0 aliphatic heterocycles. The maximum absolute atomic E-state index is 12.9. The van der Waals surface area contributed by atoms with Crippen LogP contribution in [0.15, 0.2) is 6.07 Å². The highest BCUT2D eigenvalue weighted by Crippen LogP contribution is 2.33. The predicted octanol–water partition coefficient (Wildman–Crippen LogP) is 1.96. The smallest absolute Gasteiger partial charge is 0.304 e. The molecule has 2 unspecified atom stereocenters. The summed E-state index contributed by atoms with van der Waals surface area (Å²) < 4.78 is 6.39. The molecule has 0 spiro atoms. The molecule has 0 saturated heterocycles. The lowest BCUT2D eigenvalue weighted by Crippen LogP contribution is -2.61. The van der Waals surface area contributed by atoms with Gasteiger partial charge < -0.3 is 25.6 Å². The summed E-state index contributed by atoms with van der Waals surface area (Å²) >= 11 is 11.3. The molecule has 0 fully saturated rings. The first-order chi connectivity index (χ1) is 13.2. The maximum atomic E-state index is 12.9. The highest BCUT2D eigenvalue weighted by molar-refractivity contribution is 14.1. The molecule has 0 radical (unpaired) electrons. The van der Waals surface area contributed by atoms with E-state index in [4.69, 9.17) is 21.4 Å². The van der Waals surface area contributed by atoms with E-state index in [1.807, 2.05) is 73.1 Å². The first kappa shape index (κ1) is 26.7. The van der Waals surface area contributed by atoms with E-state index in [1.54, 1.807) is 6.07 Å². The molecule has 4 N–H and O–H groups in total. The third-order valence-corrected chi connectivity index (χ3v) is 6.48. The van der Waals surface area contributed by atoms with Crippen molar-refractivity contribution in [3.05, 3.63) is 22.3 Å². The van der Waals surface area contributed by atoms with Crippen LogP contribution >= 0.6 is 79.4 Å². The first-order valence-electron chi connectivity index (χ1n) is 7.70. The fourth-order valence-electron chi connectivity index (χ4n) is 2.00. The summed E-state index contributed by atoms with van der Waals surface area (Å²) in [5.74, 6) is -3.12. The molecule has 2 amide bonds. The number of hydrogen-bond acceptors (Lipinski definition) is 7. The van der Waals surface area contributed by atoms with Crippen LogP contribution in [0.25, 0.3) is 0 Å². The number of esters is 1. The molecule has 1 aromatic carbocycles. The number of aliphatic hydroxyl groups excluding tert-OH is 1. The number of carbonyl (C=O) groups excluding carboxylic acids is 4. The number of hydrogen-bond donors (Lipinski definition) is 4. The Labute approximate surface area is 212 Å². The van der Waals surface area contributed by atoms with E-state index in [9.17, 15) is 24.3 Å². The van der Waals surface area contributed by atoms with Gasteiger partial charge in [-0.3, -0.25) is 19.2 Å². The summed E-state index contributed by atoms with van der Waals surface area (Å²) in [4.78, 5) is 48.8. The Bertz CT molecular complexity index is 879. The lowest BCUT2D eigenvalue weighted by atomic mass is 10.0. The predicted molar refractivity (Wildman–Crippen MR) is 129 cm³/mol. The highest BCUT2D eigenvalue weighted by atomic mass is 127. The van der Waals surface area contributed by atoms with Gasteiger partial charge in [-0.1, -0.05) is 0 Å². The van der Waals surface area contributed by atoms with Gasteiger partial charge in [-0.2, -0.15) is 0 Å². The summed E-state index contributed by atoms with van der Waals surface area (Å²) in [7, 11) is 0. The van der Waals surface area contributed by atoms with Gasteiger partial charge in [0.25, 0.3) is 22.7 Å². The van der Waals surface area contributed by atoms with Crippen molar-refractivity contribution in [3.63, 3.8) is 0 Å². The molecule has 2 atom stereocenters. The molecule has 13 heteroatoms. The van der Waals surface area contributed by atoms with Crippen LogP contribution in [0.2, 0.25) is 0 Å². The van der Waals surface area contributed by atoms with Crippen molar-refractivity contribution in [2.45, 2.75) is 32.1 Å². The van der Waals surface area contributed by atoms with Gasteiger partial charge in [0, 0.05) is 14.1 Å². The number of ether oxygens (including phenoxy) is 1. The number of amides is 2. The number of benzene rings is 1. The normalized spacial score (nSPS) is 14.9. The average Bonchev–Trinajstić information content (AvgIpc) is 2.56. The average molecular weight is 764 g/mol. The number of carbonyl (C=O) groups is 4. The maximum Gasteiger partial charge on any atom is 0.304 e. The highest BCUT2D eigenvalue weighted by Gasteiger charge is 2.47. The van der Waals surface area contributed by atoms with Gasteiger partial charge in [0.1, 0.15) is 0 Å². The van der Waals surface area contributed by atoms with Crippen molar-refractivity contribution in [2.75, 3.05) is 11.9 Å². The molecule has 0 bridgehead atoms. The fourth-order valence-corrected chi connectivity index (χ4v) is 6.65. The number of nitrogens with one attached hydrogen (secondary N) is 2. The molecule has 0 aliphatic rings. The quantitative estimate of drug-likeness (QED) is 0.110. The zero-order valence-corrected chi connectivity index (χ0v) is 22.5. The minimum absolute atomic E-state index is 0.172. The summed E-state index contributed by atoms with van der Waals surface area (Å²) in [6.07, 6.45) is 0. The largest absolute Gasteiger partial charge is 0.439 e. The molecule has 1 aromatic rings. The summed E-state index contributed by atoms with van der Waals surface area (Å²) in [5.41, 5.74) is -4.07. The second-order valence-corrected chi connectivity index (χ2v) is 9.89. The van der Waals surface area contributed by atoms with Gasteiger partial charge in [-0.05, 0) is 99.3 Å². The van der Waals surface area contributed by atoms with Crippen molar-refractivity contribution in [3.8, 4) is 0 Å². The van der Waals surface area contributed by atoms with Gasteiger partial charge in [0.15, 0.2) is 5.72 Å². The number of aliphatic hydroxyl groups is 2. The second kappa shape index (κ2) is 10.3. The standard InChI is InChI=1S/C16H16ClI3N2O7/c1-6(24)29-16(3,14(27)22-15(2,28)5-23)13(26)21-11-8(19)4-7(18)9(10(11)20)12(17)25/h4,23,28H,5H2,1-3H3,(H,21,26)(H,22,27). The van der Waals surface area contributed by atoms with E-state index in [-0.39, 0.29) is 11.3 Å².